The van der Waals surface area contributed by atoms with Gasteiger partial charge in [0, 0.05) is 23.5 Å². The van der Waals surface area contributed by atoms with E-state index in [0.29, 0.717) is 13.0 Å². The molecule has 6 nitrogen and oxygen atoms in total. The lowest BCUT2D eigenvalue weighted by Crippen LogP contribution is -2.15. The number of fused-ring (bicyclic) bond motifs is 2. The van der Waals surface area contributed by atoms with Crippen LogP contribution in [0.15, 0.2) is 48.7 Å². The van der Waals surface area contributed by atoms with E-state index in [4.69, 9.17) is 0 Å². The maximum Gasteiger partial charge on any atom is 0.226 e. The Morgan fingerprint density at radius 1 is 1.15 bits per heavy atom. The lowest BCUT2D eigenvalue weighted by atomic mass is 10.1. The third-order valence-corrected chi connectivity index (χ3v) is 4.77. The number of benzene rings is 2. The highest BCUT2D eigenvalue weighted by Crippen LogP contribution is 2.24. The van der Waals surface area contributed by atoms with Gasteiger partial charge in [-0.3, -0.25) is 14.2 Å². The van der Waals surface area contributed by atoms with E-state index < -0.39 is 0 Å². The van der Waals surface area contributed by atoms with Crippen molar-refractivity contribution in [2.75, 3.05) is 5.32 Å². The maximum atomic E-state index is 12.5. The van der Waals surface area contributed by atoms with Gasteiger partial charge in [-0.2, -0.15) is 10.2 Å². The second kappa shape index (κ2) is 6.87. The molecule has 2 heterocycles. The number of hydrogen-bond donors (Lipinski definition) is 1. The van der Waals surface area contributed by atoms with E-state index in [0.717, 1.165) is 33.2 Å². The van der Waals surface area contributed by atoms with Crippen LogP contribution < -0.4 is 5.32 Å². The molecule has 0 atom stereocenters. The van der Waals surface area contributed by atoms with E-state index in [1.165, 1.54) is 0 Å². The van der Waals surface area contributed by atoms with Gasteiger partial charge in [0.25, 0.3) is 0 Å². The molecule has 0 aliphatic heterocycles. The Balaban J connectivity index is 1.50. The van der Waals surface area contributed by atoms with Gasteiger partial charge in [-0.05, 0) is 32.2 Å². The number of aromatic nitrogens is 4. The van der Waals surface area contributed by atoms with Crippen LogP contribution in [-0.2, 0) is 11.3 Å². The Labute approximate surface area is 157 Å². The number of hydrogen-bond acceptors (Lipinski definition) is 3. The van der Waals surface area contributed by atoms with E-state index in [1.54, 1.807) is 0 Å². The van der Waals surface area contributed by atoms with Crippen molar-refractivity contribution in [1.82, 2.24) is 19.6 Å². The number of carbonyl (C=O) groups excluding carboxylic acids is 1. The molecule has 0 spiro atoms. The van der Waals surface area contributed by atoms with E-state index in [9.17, 15) is 4.79 Å². The van der Waals surface area contributed by atoms with Crippen LogP contribution in [0, 0.1) is 6.92 Å². The molecule has 1 amide bonds. The summed E-state index contributed by atoms with van der Waals surface area (Å²) in [5, 5.41) is 14.2. The van der Waals surface area contributed by atoms with Crippen molar-refractivity contribution in [3.05, 3.63) is 54.4 Å². The quantitative estimate of drug-likeness (QED) is 0.576. The van der Waals surface area contributed by atoms with Crippen molar-refractivity contribution in [2.45, 2.75) is 39.8 Å². The number of amides is 1. The van der Waals surface area contributed by atoms with Gasteiger partial charge in [0.15, 0.2) is 0 Å². The van der Waals surface area contributed by atoms with E-state index in [2.05, 4.69) is 29.4 Å². The molecule has 4 aromatic rings. The van der Waals surface area contributed by atoms with Crippen molar-refractivity contribution in [3.63, 3.8) is 0 Å². The smallest absolute Gasteiger partial charge is 0.226 e. The van der Waals surface area contributed by atoms with Gasteiger partial charge in [0.2, 0.25) is 5.91 Å². The highest BCUT2D eigenvalue weighted by atomic mass is 16.1. The molecule has 0 fully saturated rings. The standard InChI is InChI=1S/C21H23N5O/c1-14(2)26-19-13-22-25(21(19)15(3)24-26)12-11-20(27)23-18-10-6-8-16-7-4-5-9-17(16)18/h4-10,13-14H,11-12H2,1-3H3,(H,23,27). The number of anilines is 1. The van der Waals surface area contributed by atoms with Crippen LogP contribution in [0.4, 0.5) is 5.69 Å². The number of nitrogens with zero attached hydrogens (tertiary/aromatic N) is 4. The molecule has 0 saturated heterocycles. The second-order valence-corrected chi connectivity index (χ2v) is 7.05. The van der Waals surface area contributed by atoms with Crippen molar-refractivity contribution in [1.29, 1.82) is 0 Å². The van der Waals surface area contributed by atoms with Crippen LogP contribution in [0.3, 0.4) is 0 Å². The summed E-state index contributed by atoms with van der Waals surface area (Å²) < 4.78 is 3.85. The molecule has 0 aliphatic rings. The number of aryl methyl sites for hydroxylation is 2. The maximum absolute atomic E-state index is 12.5. The molecule has 2 aromatic heterocycles. The van der Waals surface area contributed by atoms with Crippen LogP contribution >= 0.6 is 0 Å². The fraction of sp³-hybridized carbons (Fsp3) is 0.286. The summed E-state index contributed by atoms with van der Waals surface area (Å²) in [6.07, 6.45) is 2.18. The Bertz CT molecular complexity index is 1120. The van der Waals surface area contributed by atoms with Crippen LogP contribution in [0.5, 0.6) is 0 Å². The van der Waals surface area contributed by atoms with E-state index in [-0.39, 0.29) is 11.9 Å². The van der Waals surface area contributed by atoms with Crippen molar-refractivity contribution in [2.24, 2.45) is 0 Å². The average molecular weight is 361 g/mol. The first-order valence-corrected chi connectivity index (χ1v) is 9.23. The first-order valence-electron chi connectivity index (χ1n) is 9.23. The molecule has 2 aromatic carbocycles. The molecule has 1 N–H and O–H groups in total. The molecule has 0 unspecified atom stereocenters. The lowest BCUT2D eigenvalue weighted by Gasteiger charge is -2.09. The molecular weight excluding hydrogens is 338 g/mol. The number of rotatable bonds is 5. The number of nitrogens with one attached hydrogen (secondary N) is 1. The normalized spacial score (nSPS) is 11.6. The molecule has 0 radical (unpaired) electrons. The minimum Gasteiger partial charge on any atom is -0.325 e. The van der Waals surface area contributed by atoms with Crippen molar-refractivity contribution < 1.29 is 4.79 Å². The predicted molar refractivity (Wildman–Crippen MR) is 108 cm³/mol. The molecule has 6 heteroatoms. The van der Waals surface area contributed by atoms with Crippen LogP contribution in [-0.4, -0.2) is 25.5 Å². The highest BCUT2D eigenvalue weighted by molar-refractivity contribution is 6.02. The third-order valence-electron chi connectivity index (χ3n) is 4.77. The predicted octanol–water partition coefficient (Wildman–Crippen LogP) is 4.30. The Hall–Kier alpha value is -3.15. The van der Waals surface area contributed by atoms with E-state index in [1.807, 2.05) is 64.9 Å². The van der Waals surface area contributed by atoms with E-state index >= 15 is 0 Å². The SMILES string of the molecule is Cc1nn(C(C)C)c2cnn(CCC(=O)Nc3cccc4ccccc34)c12. The van der Waals surface area contributed by atoms with Gasteiger partial charge in [-0.1, -0.05) is 36.4 Å². The summed E-state index contributed by atoms with van der Waals surface area (Å²) >= 11 is 0. The Morgan fingerprint density at radius 3 is 2.74 bits per heavy atom. The molecule has 138 valence electrons. The second-order valence-electron chi connectivity index (χ2n) is 7.05. The molecule has 0 saturated carbocycles. The van der Waals surface area contributed by atoms with Gasteiger partial charge < -0.3 is 5.32 Å². The number of carbonyl (C=O) groups is 1. The van der Waals surface area contributed by atoms with Crippen molar-refractivity contribution in [3.8, 4) is 0 Å². The summed E-state index contributed by atoms with van der Waals surface area (Å²) in [6, 6.07) is 14.2. The Morgan fingerprint density at radius 2 is 1.93 bits per heavy atom. The van der Waals surface area contributed by atoms with Crippen LogP contribution in [0.25, 0.3) is 21.8 Å². The largest absolute Gasteiger partial charge is 0.325 e. The fourth-order valence-electron chi connectivity index (χ4n) is 3.50. The monoisotopic (exact) mass is 361 g/mol. The van der Waals surface area contributed by atoms with Crippen LogP contribution in [0.2, 0.25) is 0 Å². The topological polar surface area (TPSA) is 64.7 Å². The van der Waals surface area contributed by atoms with Gasteiger partial charge >= 0.3 is 0 Å². The van der Waals surface area contributed by atoms with Crippen molar-refractivity contribution >= 4 is 33.4 Å². The molecule has 27 heavy (non-hydrogen) atoms. The first-order chi connectivity index (χ1) is 13.0. The molecule has 0 bridgehead atoms. The highest BCUT2D eigenvalue weighted by Gasteiger charge is 2.16. The van der Waals surface area contributed by atoms with Gasteiger partial charge in [-0.15, -0.1) is 0 Å². The average Bonchev–Trinajstić information content (AvgIpc) is 3.22. The summed E-state index contributed by atoms with van der Waals surface area (Å²) in [4.78, 5) is 12.5. The Kier molecular flexibility index (Phi) is 4.39. The lowest BCUT2D eigenvalue weighted by molar-refractivity contribution is -0.116. The summed E-state index contributed by atoms with van der Waals surface area (Å²) in [7, 11) is 0. The zero-order chi connectivity index (χ0) is 19.0. The minimum absolute atomic E-state index is 0.0242. The van der Waals surface area contributed by atoms with Gasteiger partial charge in [0.05, 0.1) is 18.4 Å². The minimum atomic E-state index is -0.0242. The summed E-state index contributed by atoms with van der Waals surface area (Å²) in [5.41, 5.74) is 3.79. The molecule has 0 aliphatic carbocycles. The zero-order valence-electron chi connectivity index (χ0n) is 15.8. The molecular formula is C21H23N5O. The first kappa shape index (κ1) is 17.3. The van der Waals surface area contributed by atoms with Crippen LogP contribution in [0.1, 0.15) is 32.0 Å². The van der Waals surface area contributed by atoms with Gasteiger partial charge in [0.1, 0.15) is 11.0 Å². The molecule has 4 rings (SSSR count). The third kappa shape index (κ3) is 3.18. The zero-order valence-corrected chi connectivity index (χ0v) is 15.8. The summed E-state index contributed by atoms with van der Waals surface area (Å²) in [5.74, 6) is -0.0242. The fourth-order valence-corrected chi connectivity index (χ4v) is 3.50. The summed E-state index contributed by atoms with van der Waals surface area (Å²) in [6.45, 7) is 6.70. The van der Waals surface area contributed by atoms with Gasteiger partial charge in [-0.25, -0.2) is 0 Å².